The molecule has 2 heterocycles. The molecule has 0 radical (unpaired) electrons. The second kappa shape index (κ2) is 28.5. The van der Waals surface area contributed by atoms with Gasteiger partial charge in [-0.15, -0.1) is 0 Å². The van der Waals surface area contributed by atoms with Crippen LogP contribution < -0.4 is 30.0 Å². The molecule has 2 aromatic heterocycles. The molecular weight excluding hydrogens is 1010 g/mol. The number of carbonyl (C=O) groups excluding carboxylic acids is 1. The van der Waals surface area contributed by atoms with Crippen LogP contribution >= 0.6 is 0 Å². The van der Waals surface area contributed by atoms with E-state index in [4.69, 9.17) is 0 Å². The molecule has 0 saturated heterocycles. The Morgan fingerprint density at radius 3 is 1.13 bits per heavy atom. The number of fused-ring (bicyclic) bond motifs is 6. The van der Waals surface area contributed by atoms with Gasteiger partial charge in [-0.05, 0) is 164 Å². The largest absolute Gasteiger partial charge is 2.00 e. The number of aryl methyl sites for hydroxylation is 2. The zero-order valence-corrected chi connectivity index (χ0v) is 46.2. The van der Waals surface area contributed by atoms with Gasteiger partial charge in [0, 0.05) is 67.8 Å². The van der Waals surface area contributed by atoms with Gasteiger partial charge >= 0.3 is 16.1 Å². The number of nitrogens with zero attached hydrogens (tertiary/aromatic N) is 2. The maximum atomic E-state index is 11.8. The van der Waals surface area contributed by atoms with Gasteiger partial charge in [0.05, 0.1) is 12.5 Å². The van der Waals surface area contributed by atoms with Gasteiger partial charge in [0.1, 0.15) is 0 Å². The second-order valence-electron chi connectivity index (χ2n) is 20.0. The Bertz CT molecular complexity index is 3740. The number of rotatable bonds is 9. The van der Waals surface area contributed by atoms with Gasteiger partial charge in [-0.1, -0.05) is 167 Å². The Balaban J connectivity index is 0.000000210. The van der Waals surface area contributed by atoms with Crippen molar-refractivity contribution in [1.29, 1.82) is 0 Å². The molecule has 2 N–H and O–H groups in total. The molecule has 0 spiro atoms. The van der Waals surface area contributed by atoms with Crippen LogP contribution in [0.3, 0.4) is 0 Å². The van der Waals surface area contributed by atoms with Crippen molar-refractivity contribution < 1.29 is 29.7 Å². The van der Waals surface area contributed by atoms with Crippen molar-refractivity contribution in [2.24, 2.45) is 5.41 Å². The van der Waals surface area contributed by atoms with E-state index in [0.29, 0.717) is 0 Å². The Hall–Kier alpha value is -9.62. The fraction of sp³-hybridized carbons (Fsp3) is 0.137. The van der Waals surface area contributed by atoms with Crippen LogP contribution in [0.25, 0.3) is 54.5 Å². The van der Waals surface area contributed by atoms with Crippen molar-refractivity contribution in [2.45, 2.75) is 55.9 Å². The summed E-state index contributed by atoms with van der Waals surface area (Å²) in [5, 5.41) is 29.2. The molecule has 0 aliphatic heterocycles. The zero-order chi connectivity index (χ0) is 55.3. The number of ether oxygens (including phenoxy) is 1. The van der Waals surface area contributed by atoms with Gasteiger partial charge in [0.2, 0.25) is 11.0 Å². The van der Waals surface area contributed by atoms with Crippen LogP contribution in [0.5, 0.6) is 11.5 Å². The van der Waals surface area contributed by atoms with Crippen molar-refractivity contribution in [1.82, 2.24) is 0 Å². The number of aromatic amines is 2. The number of esters is 1. The van der Waals surface area contributed by atoms with E-state index in [9.17, 15) is 15.0 Å². The maximum absolute atomic E-state index is 11.8. The van der Waals surface area contributed by atoms with Crippen molar-refractivity contribution in [3.8, 4) is 22.6 Å². The van der Waals surface area contributed by atoms with Crippen molar-refractivity contribution in [2.75, 3.05) is 16.9 Å². The fourth-order valence-corrected chi connectivity index (χ4v) is 9.49. The maximum Gasteiger partial charge on any atom is 2.00 e. The Labute approximate surface area is 487 Å². The predicted molar refractivity (Wildman–Crippen MR) is 341 cm³/mol. The minimum absolute atomic E-state index is 0. The molecule has 8 nitrogen and oxygen atoms in total. The van der Waals surface area contributed by atoms with Crippen molar-refractivity contribution in [3.05, 3.63) is 266 Å². The van der Waals surface area contributed by atoms with Gasteiger partial charge < -0.3 is 24.7 Å². The Morgan fingerprint density at radius 1 is 0.439 bits per heavy atom. The van der Waals surface area contributed by atoms with E-state index in [2.05, 4.69) is 196 Å². The summed E-state index contributed by atoms with van der Waals surface area (Å²) in [6.45, 7) is 9.99. The van der Waals surface area contributed by atoms with E-state index in [-0.39, 0.29) is 47.9 Å². The quantitative estimate of drug-likeness (QED) is 0.0809. The third kappa shape index (κ3) is 14.4. The van der Waals surface area contributed by atoms with Crippen LogP contribution in [-0.2, 0) is 9.53 Å². The van der Waals surface area contributed by atoms with Gasteiger partial charge in [-0.25, -0.2) is 9.97 Å². The summed E-state index contributed by atoms with van der Waals surface area (Å²) in [6, 6.07) is 82.6. The monoisotopic (exact) mass is 1080 g/mol. The van der Waals surface area contributed by atoms with Gasteiger partial charge in [0.25, 0.3) is 0 Å². The van der Waals surface area contributed by atoms with Crippen LogP contribution in [0.4, 0.5) is 34.1 Å². The van der Waals surface area contributed by atoms with Gasteiger partial charge in [-0.2, -0.15) is 0 Å². The molecule has 12 rings (SSSR count). The van der Waals surface area contributed by atoms with Gasteiger partial charge in [-0.3, -0.25) is 4.79 Å². The molecule has 0 aliphatic carbocycles. The molecule has 408 valence electrons. The number of anilines is 6. The molecule has 0 fully saturated rings. The van der Waals surface area contributed by atoms with E-state index in [0.717, 1.165) is 83.9 Å². The average molecular weight is 1080 g/mol. The molecule has 0 saturated carbocycles. The third-order valence-electron chi connectivity index (χ3n) is 14.0. The number of H-pyrrole nitrogens is 2. The summed E-state index contributed by atoms with van der Waals surface area (Å²) < 4.78 is 4.57. The number of pyridine rings is 2. The first-order valence-corrected chi connectivity index (χ1v) is 26.5. The summed E-state index contributed by atoms with van der Waals surface area (Å²) in [5.41, 5.74) is 13.2. The smallest absolute Gasteiger partial charge is 0.872 e. The number of benzene rings is 10. The van der Waals surface area contributed by atoms with Crippen molar-refractivity contribution in [3.63, 3.8) is 0 Å². The molecule has 0 atom stereocenters. The first-order valence-electron chi connectivity index (χ1n) is 26.5. The molecule has 0 aliphatic rings. The molecule has 82 heavy (non-hydrogen) atoms. The minimum atomic E-state index is -0.311. The standard InChI is InChI=1S/C38H32N2.2C13H9NO.C7H14O2.2CH4.Be/c1-29-11-9-17-37(27-29)39(33-13-5-3-6-14-33)35-23-19-31(20-24-35)32-21-25-36(26-22-32)40(34-15-7-4-8-16-34)38-18-10-12-30(2)28-38;2*15-11-5-1-3-9-6-7-10-4-2-8-14-13(10)12(9)11;1-5-7(2,3)6(8)9-4;;;/h3-28H,1-2H3;2*1-8,15H;5H2,1-4H3;2*1H4;/q;;;;;;+2. The SMILES string of the molecule is C.C.CCC(C)(C)C(=O)OC.Cc1cccc(N(c2ccccc2)c2ccc(-c3ccc(N(c4ccccc4)c4cccc(C)c4)cc3)cc2)c1.[Be+2].[O-]c1cccc2ccc3ccc[nH+]c3c12.[O-]c1cccc2ccc3ccc[nH+]c3c12. The summed E-state index contributed by atoms with van der Waals surface area (Å²) in [6.07, 6.45) is 4.50. The van der Waals surface area contributed by atoms with E-state index >= 15 is 0 Å². The Kier molecular flexibility index (Phi) is 21.4. The number of nitrogens with one attached hydrogen (secondary N) is 2. The first kappa shape index (κ1) is 61.6. The van der Waals surface area contributed by atoms with Crippen LogP contribution in [0, 0.1) is 19.3 Å². The van der Waals surface area contributed by atoms with Crippen LogP contribution in [0.1, 0.15) is 53.2 Å². The van der Waals surface area contributed by atoms with Crippen LogP contribution in [0.2, 0.25) is 0 Å². The molecule has 0 unspecified atom stereocenters. The number of aromatic nitrogens is 2. The number of carbonyl (C=O) groups is 1. The third-order valence-corrected chi connectivity index (χ3v) is 14.0. The second-order valence-corrected chi connectivity index (χ2v) is 20.0. The van der Waals surface area contributed by atoms with E-state index in [1.54, 1.807) is 24.3 Å². The zero-order valence-electron chi connectivity index (χ0n) is 46.2. The van der Waals surface area contributed by atoms with Gasteiger partial charge in [0.15, 0.2) is 12.4 Å². The summed E-state index contributed by atoms with van der Waals surface area (Å²) >= 11 is 0. The number of methoxy groups -OCH3 is 1. The molecule has 0 amide bonds. The van der Waals surface area contributed by atoms with Crippen molar-refractivity contribution >= 4 is 93.6 Å². The Morgan fingerprint density at radius 2 is 0.780 bits per heavy atom. The fourth-order valence-electron chi connectivity index (χ4n) is 9.49. The summed E-state index contributed by atoms with van der Waals surface area (Å²) in [5.74, 6) is 0.00565. The molecule has 0 bridgehead atoms. The summed E-state index contributed by atoms with van der Waals surface area (Å²) in [4.78, 5) is 21.7. The number of para-hydroxylation sites is 2. The molecule has 10 aromatic carbocycles. The summed E-state index contributed by atoms with van der Waals surface area (Å²) in [7, 11) is 1.42. The first-order chi connectivity index (χ1) is 38.4. The average Bonchev–Trinajstić information content (AvgIpc) is 3.59. The molecule has 9 heteroatoms. The minimum Gasteiger partial charge on any atom is -0.872 e. The predicted octanol–water partition coefficient (Wildman–Crippen LogP) is 17.2. The number of hydrogen-bond acceptors (Lipinski definition) is 6. The topological polar surface area (TPSA) is 107 Å². The van der Waals surface area contributed by atoms with E-state index in [1.165, 1.54) is 29.4 Å². The normalized spacial score (nSPS) is 10.5. The van der Waals surface area contributed by atoms with E-state index < -0.39 is 0 Å². The molecular formula is C73H72BeN4O4+2. The van der Waals surface area contributed by atoms with Crippen LogP contribution in [0.15, 0.2) is 255 Å². The van der Waals surface area contributed by atoms with E-state index in [1.807, 2.05) is 93.8 Å². The molecule has 12 aromatic rings. The number of hydrogen-bond donors (Lipinski definition) is 0. The van der Waals surface area contributed by atoms with Crippen LogP contribution in [-0.4, -0.2) is 23.2 Å².